The van der Waals surface area contributed by atoms with Gasteiger partial charge >= 0.3 is 0 Å². The minimum absolute atomic E-state index is 0. The van der Waals surface area contributed by atoms with Crippen molar-refractivity contribution in [1.82, 2.24) is 4.72 Å². The van der Waals surface area contributed by atoms with E-state index in [4.69, 9.17) is 5.73 Å². The summed E-state index contributed by atoms with van der Waals surface area (Å²) in [5.41, 5.74) is 6.45. The van der Waals surface area contributed by atoms with Gasteiger partial charge in [-0.25, -0.2) is 13.1 Å². The Morgan fingerprint density at radius 1 is 1.22 bits per heavy atom. The molecule has 0 unspecified atom stereocenters. The lowest BCUT2D eigenvalue weighted by molar-refractivity contribution is 0.579. The zero-order valence-electron chi connectivity index (χ0n) is 10.7. The predicted molar refractivity (Wildman–Crippen MR) is 76.6 cm³/mol. The molecule has 3 N–H and O–H groups in total. The Labute approximate surface area is 115 Å². The average molecular weight is 293 g/mol. The molecule has 0 atom stereocenters. The highest BCUT2D eigenvalue weighted by Crippen LogP contribution is 2.17. The summed E-state index contributed by atoms with van der Waals surface area (Å²) in [6, 6.07) is 6.98. The Hall–Kier alpha value is -0.620. The molecule has 0 saturated heterocycles. The van der Waals surface area contributed by atoms with Gasteiger partial charge in [0.2, 0.25) is 10.0 Å². The van der Waals surface area contributed by atoms with Gasteiger partial charge in [-0.3, -0.25) is 0 Å². The highest BCUT2D eigenvalue weighted by atomic mass is 35.5. The van der Waals surface area contributed by atoms with E-state index < -0.39 is 10.0 Å². The van der Waals surface area contributed by atoms with Crippen LogP contribution in [0.25, 0.3) is 0 Å². The van der Waals surface area contributed by atoms with E-state index in [1.807, 2.05) is 12.1 Å². The van der Waals surface area contributed by atoms with Crippen LogP contribution in [0.2, 0.25) is 0 Å². The molecule has 0 fully saturated rings. The van der Waals surface area contributed by atoms with Crippen LogP contribution in [0.15, 0.2) is 29.2 Å². The molecule has 1 aromatic carbocycles. The lowest BCUT2D eigenvalue weighted by atomic mass is 10.0. The van der Waals surface area contributed by atoms with E-state index in [2.05, 4.69) is 18.6 Å². The first kappa shape index (κ1) is 17.4. The van der Waals surface area contributed by atoms with Crippen LogP contribution in [0.3, 0.4) is 0 Å². The van der Waals surface area contributed by atoms with Crippen LogP contribution >= 0.6 is 12.4 Å². The Kier molecular flexibility index (Phi) is 7.47. The number of sulfonamides is 1. The average Bonchev–Trinajstić information content (AvgIpc) is 2.29. The summed E-state index contributed by atoms with van der Waals surface area (Å²) >= 11 is 0. The smallest absolute Gasteiger partial charge is 0.240 e. The highest BCUT2D eigenvalue weighted by molar-refractivity contribution is 7.89. The zero-order valence-corrected chi connectivity index (χ0v) is 12.4. The molecule has 0 aromatic heterocycles. The second-order valence-electron chi connectivity index (χ2n) is 4.26. The molecular weight excluding hydrogens is 272 g/mol. The molecule has 0 aliphatic rings. The maximum absolute atomic E-state index is 11.8. The van der Waals surface area contributed by atoms with Crippen LogP contribution in [0.4, 0.5) is 0 Å². The molecule has 0 aliphatic carbocycles. The summed E-state index contributed by atoms with van der Waals surface area (Å²) in [7, 11) is -3.38. The quantitative estimate of drug-likeness (QED) is 0.786. The van der Waals surface area contributed by atoms with Gasteiger partial charge in [-0.15, -0.1) is 12.4 Å². The molecule has 0 aliphatic heterocycles. The van der Waals surface area contributed by atoms with E-state index in [-0.39, 0.29) is 12.4 Å². The lowest BCUT2D eigenvalue weighted by Crippen LogP contribution is -2.26. The molecule has 1 rings (SSSR count). The van der Waals surface area contributed by atoms with Gasteiger partial charge in [0.25, 0.3) is 0 Å². The minimum Gasteiger partial charge on any atom is -0.330 e. The van der Waals surface area contributed by atoms with Gasteiger partial charge < -0.3 is 5.73 Å². The molecule has 0 heterocycles. The van der Waals surface area contributed by atoms with E-state index >= 15 is 0 Å². The third-order valence-corrected chi connectivity index (χ3v) is 4.01. The summed E-state index contributed by atoms with van der Waals surface area (Å²) in [5, 5.41) is 0. The van der Waals surface area contributed by atoms with Crippen LogP contribution in [0, 0.1) is 0 Å². The van der Waals surface area contributed by atoms with Crippen LogP contribution in [-0.4, -0.2) is 21.5 Å². The van der Waals surface area contributed by atoms with Crippen molar-refractivity contribution in [3.63, 3.8) is 0 Å². The fraction of sp³-hybridized carbons (Fsp3) is 0.500. The summed E-state index contributed by atoms with van der Waals surface area (Å²) < 4.78 is 26.2. The Balaban J connectivity index is 0.00000289. The van der Waals surface area contributed by atoms with Gasteiger partial charge in [-0.05, 0) is 36.6 Å². The van der Waals surface area contributed by atoms with Crippen molar-refractivity contribution in [2.45, 2.75) is 31.1 Å². The molecule has 6 heteroatoms. The van der Waals surface area contributed by atoms with Crippen molar-refractivity contribution in [2.24, 2.45) is 5.73 Å². The van der Waals surface area contributed by atoms with E-state index in [0.717, 1.165) is 5.56 Å². The van der Waals surface area contributed by atoms with Gasteiger partial charge in [0.15, 0.2) is 0 Å². The number of hydrogen-bond acceptors (Lipinski definition) is 3. The van der Waals surface area contributed by atoms with Gasteiger partial charge in [-0.1, -0.05) is 26.0 Å². The molecule has 4 nitrogen and oxygen atoms in total. The van der Waals surface area contributed by atoms with Crippen LogP contribution < -0.4 is 10.5 Å². The molecule has 0 amide bonds. The highest BCUT2D eigenvalue weighted by Gasteiger charge is 2.12. The Morgan fingerprint density at radius 2 is 1.78 bits per heavy atom. The summed E-state index contributed by atoms with van der Waals surface area (Å²) in [4.78, 5) is 0.305. The first-order valence-corrected chi connectivity index (χ1v) is 7.25. The second kappa shape index (κ2) is 7.74. The normalized spacial score (nSPS) is 11.3. The van der Waals surface area contributed by atoms with Crippen molar-refractivity contribution in [1.29, 1.82) is 0 Å². The maximum atomic E-state index is 11.8. The first-order chi connectivity index (χ1) is 7.97. The first-order valence-electron chi connectivity index (χ1n) is 5.77. The zero-order chi connectivity index (χ0) is 12.9. The third-order valence-electron chi connectivity index (χ3n) is 2.53. The lowest BCUT2D eigenvalue weighted by Gasteiger charge is -2.08. The number of halogens is 1. The number of nitrogens with two attached hydrogens (primary N) is 1. The van der Waals surface area contributed by atoms with Crippen LogP contribution in [-0.2, 0) is 10.0 Å². The topological polar surface area (TPSA) is 72.2 Å². The number of hydrogen-bond donors (Lipinski definition) is 2. The van der Waals surface area contributed by atoms with Crippen molar-refractivity contribution >= 4 is 22.4 Å². The summed E-state index contributed by atoms with van der Waals surface area (Å²) in [5.74, 6) is 0.400. The molecule has 1 aromatic rings. The van der Waals surface area contributed by atoms with Crippen molar-refractivity contribution in [3.05, 3.63) is 29.8 Å². The standard InChI is InChI=1S/C12H20N2O2S.ClH/c1-10(2)11-4-6-12(7-5-11)17(15,16)14-9-3-8-13;/h4-7,10,14H,3,8-9,13H2,1-2H3;1H. The fourth-order valence-corrected chi connectivity index (χ4v) is 2.50. The molecule has 0 saturated carbocycles. The van der Waals surface area contributed by atoms with Crippen LogP contribution in [0.5, 0.6) is 0 Å². The van der Waals surface area contributed by atoms with Crippen molar-refractivity contribution in [2.75, 3.05) is 13.1 Å². The Bertz CT molecular complexity index is 444. The van der Waals surface area contributed by atoms with Crippen LogP contribution in [0.1, 0.15) is 31.7 Å². The molecule has 18 heavy (non-hydrogen) atoms. The molecule has 0 radical (unpaired) electrons. The van der Waals surface area contributed by atoms with Gasteiger partial charge in [0.05, 0.1) is 4.90 Å². The third kappa shape index (κ3) is 4.94. The van der Waals surface area contributed by atoms with Gasteiger partial charge in [0, 0.05) is 6.54 Å². The van der Waals surface area contributed by atoms with E-state index in [9.17, 15) is 8.42 Å². The van der Waals surface area contributed by atoms with Crippen molar-refractivity contribution < 1.29 is 8.42 Å². The largest absolute Gasteiger partial charge is 0.330 e. The number of rotatable bonds is 6. The minimum atomic E-state index is -3.38. The molecule has 104 valence electrons. The van der Waals surface area contributed by atoms with E-state index in [1.165, 1.54) is 0 Å². The second-order valence-corrected chi connectivity index (χ2v) is 6.03. The maximum Gasteiger partial charge on any atom is 0.240 e. The van der Waals surface area contributed by atoms with Crippen molar-refractivity contribution in [3.8, 4) is 0 Å². The summed E-state index contributed by atoms with van der Waals surface area (Å²) in [6.07, 6.45) is 0.642. The van der Waals surface area contributed by atoms with Gasteiger partial charge in [-0.2, -0.15) is 0 Å². The molecular formula is C12H21ClN2O2S. The SMILES string of the molecule is CC(C)c1ccc(S(=O)(=O)NCCCN)cc1.Cl. The Morgan fingerprint density at radius 3 is 2.22 bits per heavy atom. The predicted octanol–water partition coefficient (Wildman–Crippen LogP) is 1.86. The van der Waals surface area contributed by atoms with E-state index in [0.29, 0.717) is 30.3 Å². The monoisotopic (exact) mass is 292 g/mol. The van der Waals surface area contributed by atoms with Gasteiger partial charge in [0.1, 0.15) is 0 Å². The summed E-state index contributed by atoms with van der Waals surface area (Å²) in [6.45, 7) is 5.01. The molecule has 0 spiro atoms. The fourth-order valence-electron chi connectivity index (χ4n) is 1.42. The van der Waals surface area contributed by atoms with E-state index in [1.54, 1.807) is 12.1 Å². The number of benzene rings is 1. The molecule has 0 bridgehead atoms. The number of nitrogens with one attached hydrogen (secondary N) is 1.